The van der Waals surface area contributed by atoms with E-state index in [2.05, 4.69) is 12.2 Å². The normalized spacial score (nSPS) is 16.8. The van der Waals surface area contributed by atoms with E-state index in [0.717, 1.165) is 30.4 Å². The van der Waals surface area contributed by atoms with Gasteiger partial charge in [-0.3, -0.25) is 9.59 Å². The molecule has 3 rings (SSSR count). The van der Waals surface area contributed by atoms with Crippen molar-refractivity contribution in [3.05, 3.63) is 58.0 Å². The first-order valence-electron chi connectivity index (χ1n) is 8.03. The summed E-state index contributed by atoms with van der Waals surface area (Å²) in [5.41, 5.74) is 8.01. The van der Waals surface area contributed by atoms with E-state index in [4.69, 9.17) is 5.73 Å². The molecule has 2 amide bonds. The topological polar surface area (TPSA) is 72.2 Å². The molecule has 0 bridgehead atoms. The summed E-state index contributed by atoms with van der Waals surface area (Å²) in [6.45, 7) is 2.20. The highest BCUT2D eigenvalue weighted by atomic mass is 32.1. The minimum absolute atomic E-state index is 0.256. The number of hydrogen-bond donors (Lipinski definition) is 2. The second-order valence-corrected chi connectivity index (χ2v) is 7.26. The lowest BCUT2D eigenvalue weighted by Crippen LogP contribution is -2.18. The van der Waals surface area contributed by atoms with E-state index in [1.807, 2.05) is 30.3 Å². The summed E-state index contributed by atoms with van der Waals surface area (Å²) < 4.78 is 0. The van der Waals surface area contributed by atoms with Crippen LogP contribution in [0.2, 0.25) is 0 Å². The van der Waals surface area contributed by atoms with Crippen molar-refractivity contribution in [2.45, 2.75) is 26.2 Å². The van der Waals surface area contributed by atoms with Crippen LogP contribution in [-0.4, -0.2) is 11.8 Å². The van der Waals surface area contributed by atoms with Gasteiger partial charge in [0.05, 0.1) is 5.56 Å². The van der Waals surface area contributed by atoms with Crippen molar-refractivity contribution in [2.24, 2.45) is 11.7 Å². The summed E-state index contributed by atoms with van der Waals surface area (Å²) in [5.74, 6) is -0.129. The molecule has 2 aromatic rings. The fourth-order valence-corrected chi connectivity index (χ4v) is 4.41. The molecular formula is C19H20N2O2S. The number of thiophene rings is 1. The van der Waals surface area contributed by atoms with Gasteiger partial charge in [0.2, 0.25) is 5.91 Å². The van der Waals surface area contributed by atoms with Crippen molar-refractivity contribution in [3.8, 4) is 0 Å². The van der Waals surface area contributed by atoms with Crippen LogP contribution in [-0.2, 0) is 17.6 Å². The van der Waals surface area contributed by atoms with Crippen LogP contribution in [0.5, 0.6) is 0 Å². The number of nitrogens with one attached hydrogen (secondary N) is 1. The molecule has 0 radical (unpaired) electrons. The maximum atomic E-state index is 12.2. The smallest absolute Gasteiger partial charge is 0.251 e. The third-order valence-electron chi connectivity index (χ3n) is 4.22. The molecule has 3 N–H and O–H groups in total. The Kier molecular flexibility index (Phi) is 4.81. The molecule has 0 unspecified atom stereocenters. The van der Waals surface area contributed by atoms with Crippen molar-refractivity contribution >= 4 is 34.2 Å². The van der Waals surface area contributed by atoms with E-state index >= 15 is 0 Å². The molecule has 0 spiro atoms. The Labute approximate surface area is 145 Å². The van der Waals surface area contributed by atoms with Crippen LogP contribution in [0.3, 0.4) is 0 Å². The lowest BCUT2D eigenvalue weighted by atomic mass is 9.88. The van der Waals surface area contributed by atoms with Crippen molar-refractivity contribution in [1.29, 1.82) is 0 Å². The molecule has 1 aromatic heterocycles. The average molecular weight is 340 g/mol. The van der Waals surface area contributed by atoms with Gasteiger partial charge in [0.25, 0.3) is 5.91 Å². The molecule has 1 heterocycles. The van der Waals surface area contributed by atoms with Crippen molar-refractivity contribution in [1.82, 2.24) is 0 Å². The number of benzene rings is 1. The standard InChI is InChI=1S/C19H20N2O2S/c1-12-7-9-14-15(11-12)24-19(17(14)18(20)23)21-16(22)10-8-13-5-3-2-4-6-13/h2-6,8,10,12H,7,9,11H2,1H3,(H2,20,23)(H,21,22)/b10-8-/t12-/m0/s1. The third kappa shape index (κ3) is 3.57. The zero-order valence-corrected chi connectivity index (χ0v) is 14.4. The zero-order valence-electron chi connectivity index (χ0n) is 13.5. The summed E-state index contributed by atoms with van der Waals surface area (Å²) in [6.07, 6.45) is 6.05. The number of carbonyl (C=O) groups excluding carboxylic acids is 2. The molecular weight excluding hydrogens is 320 g/mol. The first kappa shape index (κ1) is 16.5. The van der Waals surface area contributed by atoms with E-state index in [9.17, 15) is 9.59 Å². The number of rotatable bonds is 4. The molecule has 0 aliphatic heterocycles. The Bertz CT molecular complexity index is 793. The quantitative estimate of drug-likeness (QED) is 0.834. The van der Waals surface area contributed by atoms with E-state index in [1.165, 1.54) is 22.3 Å². The lowest BCUT2D eigenvalue weighted by Gasteiger charge is -2.18. The van der Waals surface area contributed by atoms with Crippen LogP contribution < -0.4 is 11.1 Å². The molecule has 124 valence electrons. The summed E-state index contributed by atoms with van der Waals surface area (Å²) in [5, 5.41) is 3.40. The second-order valence-electron chi connectivity index (χ2n) is 6.15. The molecule has 1 aromatic carbocycles. The molecule has 0 fully saturated rings. The van der Waals surface area contributed by atoms with Gasteiger partial charge < -0.3 is 11.1 Å². The first-order valence-corrected chi connectivity index (χ1v) is 8.84. The predicted octanol–water partition coefficient (Wildman–Crippen LogP) is 3.62. The maximum Gasteiger partial charge on any atom is 0.251 e. The number of amides is 2. The number of fused-ring (bicyclic) bond motifs is 1. The van der Waals surface area contributed by atoms with Gasteiger partial charge in [-0.05, 0) is 42.4 Å². The SMILES string of the molecule is C[C@H]1CCc2c(sc(NC(=O)/C=C\c3ccccc3)c2C(N)=O)C1. The van der Waals surface area contributed by atoms with Gasteiger partial charge in [-0.2, -0.15) is 0 Å². The average Bonchev–Trinajstić information content (AvgIpc) is 2.90. The van der Waals surface area contributed by atoms with Crippen LogP contribution >= 0.6 is 11.3 Å². The summed E-state index contributed by atoms with van der Waals surface area (Å²) in [6, 6.07) is 9.59. The van der Waals surface area contributed by atoms with Crippen LogP contribution in [0, 0.1) is 5.92 Å². The molecule has 1 aliphatic carbocycles. The molecule has 0 saturated carbocycles. The number of primary amides is 1. The van der Waals surface area contributed by atoms with E-state index in [0.29, 0.717) is 16.5 Å². The van der Waals surface area contributed by atoms with E-state index in [1.54, 1.807) is 6.08 Å². The number of nitrogens with two attached hydrogens (primary N) is 1. The summed E-state index contributed by atoms with van der Waals surface area (Å²) >= 11 is 1.48. The van der Waals surface area contributed by atoms with Gasteiger partial charge in [0.15, 0.2) is 0 Å². The van der Waals surface area contributed by atoms with Gasteiger partial charge in [-0.1, -0.05) is 37.3 Å². The van der Waals surface area contributed by atoms with Crippen LogP contribution in [0.15, 0.2) is 36.4 Å². The van der Waals surface area contributed by atoms with Gasteiger partial charge in [-0.25, -0.2) is 0 Å². The van der Waals surface area contributed by atoms with Crippen molar-refractivity contribution < 1.29 is 9.59 Å². The van der Waals surface area contributed by atoms with Gasteiger partial charge in [-0.15, -0.1) is 11.3 Å². The van der Waals surface area contributed by atoms with Crippen molar-refractivity contribution in [3.63, 3.8) is 0 Å². The fraction of sp³-hybridized carbons (Fsp3) is 0.263. The van der Waals surface area contributed by atoms with Crippen LogP contribution in [0.1, 0.15) is 39.7 Å². The van der Waals surface area contributed by atoms with Gasteiger partial charge >= 0.3 is 0 Å². The maximum absolute atomic E-state index is 12.2. The number of carbonyl (C=O) groups is 2. The number of hydrogen-bond acceptors (Lipinski definition) is 3. The molecule has 1 aliphatic rings. The Hall–Kier alpha value is -2.40. The summed E-state index contributed by atoms with van der Waals surface area (Å²) in [4.78, 5) is 25.2. The van der Waals surface area contributed by atoms with Gasteiger partial charge in [0, 0.05) is 11.0 Å². The second kappa shape index (κ2) is 7.01. The Morgan fingerprint density at radius 2 is 2.04 bits per heavy atom. The Balaban J connectivity index is 1.81. The number of anilines is 1. The fourth-order valence-electron chi connectivity index (χ4n) is 2.99. The minimum atomic E-state index is -0.468. The Morgan fingerprint density at radius 1 is 1.29 bits per heavy atom. The largest absolute Gasteiger partial charge is 0.365 e. The Morgan fingerprint density at radius 3 is 2.75 bits per heavy atom. The van der Waals surface area contributed by atoms with Crippen LogP contribution in [0.4, 0.5) is 5.00 Å². The predicted molar refractivity (Wildman–Crippen MR) is 98.1 cm³/mol. The van der Waals surface area contributed by atoms with Gasteiger partial charge in [0.1, 0.15) is 5.00 Å². The van der Waals surface area contributed by atoms with E-state index in [-0.39, 0.29) is 5.91 Å². The highest BCUT2D eigenvalue weighted by molar-refractivity contribution is 7.17. The molecule has 5 heteroatoms. The molecule has 4 nitrogen and oxygen atoms in total. The van der Waals surface area contributed by atoms with E-state index < -0.39 is 5.91 Å². The molecule has 1 atom stereocenters. The molecule has 24 heavy (non-hydrogen) atoms. The van der Waals surface area contributed by atoms with Crippen LogP contribution in [0.25, 0.3) is 6.08 Å². The lowest BCUT2D eigenvalue weighted by molar-refractivity contribution is -0.111. The minimum Gasteiger partial charge on any atom is -0.365 e. The first-order chi connectivity index (χ1) is 11.5. The highest BCUT2D eigenvalue weighted by Crippen LogP contribution is 2.39. The summed E-state index contributed by atoms with van der Waals surface area (Å²) in [7, 11) is 0. The monoisotopic (exact) mass is 340 g/mol. The highest BCUT2D eigenvalue weighted by Gasteiger charge is 2.26. The zero-order chi connectivity index (χ0) is 17.1. The van der Waals surface area contributed by atoms with Crippen molar-refractivity contribution in [2.75, 3.05) is 5.32 Å². The third-order valence-corrected chi connectivity index (χ3v) is 5.39. The molecule has 0 saturated heterocycles.